The molecule has 0 aromatic heterocycles. The zero-order chi connectivity index (χ0) is 14.0. The van der Waals surface area contributed by atoms with E-state index in [0.29, 0.717) is 24.1 Å². The van der Waals surface area contributed by atoms with Crippen LogP contribution in [0.4, 0.5) is 5.69 Å². The Bertz CT molecular complexity index is 568. The van der Waals surface area contributed by atoms with E-state index in [-0.39, 0.29) is 18.2 Å². The van der Waals surface area contributed by atoms with E-state index >= 15 is 0 Å². The monoisotopic (exact) mass is 256 g/mol. The molecule has 1 saturated heterocycles. The van der Waals surface area contributed by atoms with E-state index in [0.717, 1.165) is 0 Å². The summed E-state index contributed by atoms with van der Waals surface area (Å²) in [5.74, 6) is -0.318. The molecule has 1 aromatic carbocycles. The van der Waals surface area contributed by atoms with Gasteiger partial charge >= 0.3 is 0 Å². The molecule has 4 heteroatoms. The quantitative estimate of drug-likeness (QED) is 0.781. The van der Waals surface area contributed by atoms with E-state index in [2.05, 4.69) is 0 Å². The Kier molecular flexibility index (Phi) is 3.39. The van der Waals surface area contributed by atoms with Crippen LogP contribution in [0.25, 0.3) is 0 Å². The van der Waals surface area contributed by atoms with Crippen molar-refractivity contribution in [3.05, 3.63) is 29.8 Å². The van der Waals surface area contributed by atoms with E-state index in [4.69, 9.17) is 5.26 Å². The van der Waals surface area contributed by atoms with Gasteiger partial charge in [-0.05, 0) is 31.0 Å². The Hall–Kier alpha value is -2.15. The van der Waals surface area contributed by atoms with Crippen LogP contribution in [-0.4, -0.2) is 11.8 Å². The second kappa shape index (κ2) is 4.85. The summed E-state index contributed by atoms with van der Waals surface area (Å²) in [6, 6.07) is 8.63. The summed E-state index contributed by atoms with van der Waals surface area (Å²) in [6.45, 7) is 3.87. The molecule has 1 aliphatic rings. The molecular weight excluding hydrogens is 240 g/mol. The number of nitriles is 1. The minimum Gasteiger partial charge on any atom is -0.274 e. The summed E-state index contributed by atoms with van der Waals surface area (Å²) in [6.07, 6.45) is 1.57. The lowest BCUT2D eigenvalue weighted by atomic mass is 9.81. The van der Waals surface area contributed by atoms with Crippen LogP contribution >= 0.6 is 0 Å². The van der Waals surface area contributed by atoms with E-state index in [9.17, 15) is 9.59 Å². The SMILES string of the molecule is CCC1(CC)CC(=O)N(c2cccc(C#N)c2)C1=O. The standard InChI is InChI=1S/C15H16N2O2/c1-3-15(4-2)9-13(18)17(14(15)19)12-7-5-6-11(8-12)10-16/h5-8H,3-4,9H2,1-2H3. The maximum atomic E-state index is 12.5. The number of anilines is 1. The minimum absolute atomic E-state index is 0.141. The topological polar surface area (TPSA) is 61.2 Å². The summed E-state index contributed by atoms with van der Waals surface area (Å²) >= 11 is 0. The van der Waals surface area contributed by atoms with Gasteiger partial charge in [-0.25, -0.2) is 0 Å². The zero-order valence-corrected chi connectivity index (χ0v) is 11.1. The molecule has 0 unspecified atom stereocenters. The Balaban J connectivity index is 2.43. The van der Waals surface area contributed by atoms with Crippen LogP contribution in [0.5, 0.6) is 0 Å². The Morgan fingerprint density at radius 3 is 2.53 bits per heavy atom. The molecule has 0 aliphatic carbocycles. The number of amides is 2. The van der Waals surface area contributed by atoms with Gasteiger partial charge in [0.1, 0.15) is 0 Å². The Morgan fingerprint density at radius 2 is 2.00 bits per heavy atom. The first-order valence-electron chi connectivity index (χ1n) is 6.45. The lowest BCUT2D eigenvalue weighted by molar-refractivity contribution is -0.126. The molecule has 0 atom stereocenters. The van der Waals surface area contributed by atoms with Crippen LogP contribution in [-0.2, 0) is 9.59 Å². The van der Waals surface area contributed by atoms with Gasteiger partial charge in [0.05, 0.1) is 22.7 Å². The number of imide groups is 1. The number of carbonyl (C=O) groups excluding carboxylic acids is 2. The molecule has 98 valence electrons. The van der Waals surface area contributed by atoms with Gasteiger partial charge in [-0.2, -0.15) is 5.26 Å². The van der Waals surface area contributed by atoms with Gasteiger partial charge in [-0.3, -0.25) is 14.5 Å². The van der Waals surface area contributed by atoms with Crippen LogP contribution in [0.2, 0.25) is 0 Å². The van der Waals surface area contributed by atoms with Crippen LogP contribution in [0, 0.1) is 16.7 Å². The zero-order valence-electron chi connectivity index (χ0n) is 11.1. The summed E-state index contributed by atoms with van der Waals surface area (Å²) in [4.78, 5) is 25.9. The van der Waals surface area contributed by atoms with Crippen molar-refractivity contribution in [2.24, 2.45) is 5.41 Å². The fourth-order valence-corrected chi connectivity index (χ4v) is 2.57. The summed E-state index contributed by atoms with van der Waals surface area (Å²) in [7, 11) is 0. The van der Waals surface area contributed by atoms with E-state index in [1.807, 2.05) is 19.9 Å². The molecule has 0 radical (unpaired) electrons. The van der Waals surface area contributed by atoms with E-state index in [1.54, 1.807) is 24.3 Å². The van der Waals surface area contributed by atoms with Gasteiger partial charge in [-0.1, -0.05) is 19.9 Å². The second-order valence-corrected chi connectivity index (χ2v) is 4.86. The van der Waals surface area contributed by atoms with Gasteiger partial charge in [0, 0.05) is 6.42 Å². The molecule has 0 bridgehead atoms. The van der Waals surface area contributed by atoms with Crippen molar-refractivity contribution < 1.29 is 9.59 Å². The molecular formula is C15H16N2O2. The number of benzene rings is 1. The third kappa shape index (κ3) is 2.01. The van der Waals surface area contributed by atoms with Crippen LogP contribution < -0.4 is 4.90 Å². The van der Waals surface area contributed by atoms with Crippen LogP contribution in [0.1, 0.15) is 38.7 Å². The molecule has 19 heavy (non-hydrogen) atoms. The number of nitrogens with zero attached hydrogens (tertiary/aromatic N) is 2. The van der Waals surface area contributed by atoms with Crippen molar-refractivity contribution in [2.75, 3.05) is 4.90 Å². The fourth-order valence-electron chi connectivity index (χ4n) is 2.57. The summed E-state index contributed by atoms with van der Waals surface area (Å²) < 4.78 is 0. The molecule has 1 aromatic rings. The highest BCUT2D eigenvalue weighted by Crippen LogP contribution is 2.41. The fraction of sp³-hybridized carbons (Fsp3) is 0.400. The predicted octanol–water partition coefficient (Wildman–Crippen LogP) is 2.63. The van der Waals surface area contributed by atoms with Gasteiger partial charge in [-0.15, -0.1) is 0 Å². The number of rotatable bonds is 3. The molecule has 2 rings (SSSR count). The van der Waals surface area contributed by atoms with Crippen molar-refractivity contribution in [3.8, 4) is 6.07 Å². The highest BCUT2D eigenvalue weighted by molar-refractivity contribution is 6.22. The Morgan fingerprint density at radius 1 is 1.32 bits per heavy atom. The first-order chi connectivity index (χ1) is 9.07. The van der Waals surface area contributed by atoms with Crippen molar-refractivity contribution in [3.63, 3.8) is 0 Å². The molecule has 1 fully saturated rings. The average molecular weight is 256 g/mol. The maximum Gasteiger partial charge on any atom is 0.240 e. The lowest BCUT2D eigenvalue weighted by Crippen LogP contribution is -2.35. The predicted molar refractivity (Wildman–Crippen MR) is 71.3 cm³/mol. The molecule has 0 spiro atoms. The minimum atomic E-state index is -0.570. The largest absolute Gasteiger partial charge is 0.274 e. The van der Waals surface area contributed by atoms with Gasteiger partial charge in [0.25, 0.3) is 0 Å². The molecule has 1 aliphatic heterocycles. The van der Waals surface area contributed by atoms with Crippen LogP contribution in [0.3, 0.4) is 0 Å². The van der Waals surface area contributed by atoms with Crippen molar-refractivity contribution in [2.45, 2.75) is 33.1 Å². The molecule has 0 N–H and O–H groups in total. The number of hydrogen-bond donors (Lipinski definition) is 0. The van der Waals surface area contributed by atoms with Crippen molar-refractivity contribution >= 4 is 17.5 Å². The normalized spacial score (nSPS) is 17.6. The number of carbonyl (C=O) groups is 2. The van der Waals surface area contributed by atoms with E-state index < -0.39 is 5.41 Å². The third-order valence-corrected chi connectivity index (χ3v) is 3.98. The van der Waals surface area contributed by atoms with Gasteiger partial charge < -0.3 is 0 Å². The number of hydrogen-bond acceptors (Lipinski definition) is 3. The molecule has 1 heterocycles. The van der Waals surface area contributed by atoms with Crippen molar-refractivity contribution in [1.29, 1.82) is 5.26 Å². The van der Waals surface area contributed by atoms with Crippen LogP contribution in [0.15, 0.2) is 24.3 Å². The van der Waals surface area contributed by atoms with Gasteiger partial charge in [0.2, 0.25) is 11.8 Å². The molecule has 4 nitrogen and oxygen atoms in total. The Labute approximate surface area is 112 Å². The maximum absolute atomic E-state index is 12.5. The summed E-state index contributed by atoms with van der Waals surface area (Å²) in [5, 5.41) is 8.89. The first kappa shape index (κ1) is 13.3. The van der Waals surface area contributed by atoms with E-state index in [1.165, 1.54) is 4.90 Å². The lowest BCUT2D eigenvalue weighted by Gasteiger charge is -2.23. The first-order valence-corrected chi connectivity index (χ1v) is 6.45. The second-order valence-electron chi connectivity index (χ2n) is 4.86. The van der Waals surface area contributed by atoms with Crippen molar-refractivity contribution in [1.82, 2.24) is 0 Å². The molecule has 2 amide bonds. The highest BCUT2D eigenvalue weighted by atomic mass is 16.2. The highest BCUT2D eigenvalue weighted by Gasteiger charge is 2.49. The van der Waals surface area contributed by atoms with Gasteiger partial charge in [0.15, 0.2) is 0 Å². The summed E-state index contributed by atoms with van der Waals surface area (Å²) in [5.41, 5.74) is 0.376. The molecule has 0 saturated carbocycles. The third-order valence-electron chi connectivity index (χ3n) is 3.98. The average Bonchev–Trinajstić information content (AvgIpc) is 2.70. The smallest absolute Gasteiger partial charge is 0.240 e.